The van der Waals surface area contributed by atoms with Gasteiger partial charge in [0.15, 0.2) is 11.6 Å². The standard InChI is InChI=1S/C29H29F5N4O7/c1-28(2,3)45-27(40)37(11-10-22-24(38(41)42)8-9-25(36-22)43-4)15-16-12-19(30)20(31)14-23(16)35-21-7-6-17(29(32,33)34)13-18(21)26(39)44-5/h6-9,12-14,35H,10-11,15H2,1-5H3. The SMILES string of the molecule is COC(=O)c1cc(C(F)(F)F)ccc1Nc1cc(F)c(F)cc1CN(CCc1nc(OC)ccc1[N+](=O)[O-])C(=O)OC(C)(C)C. The maximum absolute atomic E-state index is 14.5. The number of ether oxygens (including phenoxy) is 3. The predicted octanol–water partition coefficient (Wildman–Crippen LogP) is 6.81. The van der Waals surface area contributed by atoms with Crippen molar-refractivity contribution in [2.75, 3.05) is 26.1 Å². The number of halogens is 5. The Kier molecular flexibility index (Phi) is 10.5. The van der Waals surface area contributed by atoms with Crippen molar-refractivity contribution in [3.05, 3.63) is 86.6 Å². The molecule has 0 aliphatic carbocycles. The summed E-state index contributed by atoms with van der Waals surface area (Å²) in [6.45, 7) is 4.02. The number of pyridine rings is 1. The Labute approximate surface area is 254 Å². The molecule has 2 aromatic carbocycles. The van der Waals surface area contributed by atoms with Gasteiger partial charge in [0.1, 0.15) is 11.3 Å². The molecule has 0 spiro atoms. The molecular weight excluding hydrogens is 611 g/mol. The minimum Gasteiger partial charge on any atom is -0.481 e. The van der Waals surface area contributed by atoms with Crippen molar-refractivity contribution in [3.63, 3.8) is 0 Å². The summed E-state index contributed by atoms with van der Waals surface area (Å²) in [5.41, 5.74) is -3.63. The molecule has 1 amide bonds. The molecule has 0 bridgehead atoms. The molecule has 0 radical (unpaired) electrons. The number of anilines is 2. The van der Waals surface area contributed by atoms with Crippen molar-refractivity contribution in [1.82, 2.24) is 9.88 Å². The van der Waals surface area contributed by atoms with Crippen LogP contribution in [0.1, 0.15) is 48.0 Å². The third-order valence-corrected chi connectivity index (χ3v) is 6.13. The molecule has 0 unspecified atom stereocenters. The lowest BCUT2D eigenvalue weighted by atomic mass is 10.1. The summed E-state index contributed by atoms with van der Waals surface area (Å²) in [5, 5.41) is 14.2. The monoisotopic (exact) mass is 640 g/mol. The number of nitrogens with zero attached hydrogens (tertiary/aromatic N) is 3. The fraction of sp³-hybridized carbons (Fsp3) is 0.345. The predicted molar refractivity (Wildman–Crippen MR) is 150 cm³/mol. The van der Waals surface area contributed by atoms with Crippen LogP contribution in [0.15, 0.2) is 42.5 Å². The van der Waals surface area contributed by atoms with Gasteiger partial charge >= 0.3 is 18.2 Å². The smallest absolute Gasteiger partial charge is 0.416 e. The first-order valence-electron chi connectivity index (χ1n) is 13.1. The van der Waals surface area contributed by atoms with Gasteiger partial charge < -0.3 is 24.4 Å². The van der Waals surface area contributed by atoms with Crippen molar-refractivity contribution in [2.24, 2.45) is 0 Å². The second-order valence-corrected chi connectivity index (χ2v) is 10.5. The lowest BCUT2D eigenvalue weighted by Crippen LogP contribution is -2.38. The molecule has 0 aliphatic heterocycles. The van der Waals surface area contributed by atoms with Crippen molar-refractivity contribution in [3.8, 4) is 5.88 Å². The van der Waals surface area contributed by atoms with E-state index >= 15 is 0 Å². The van der Waals surface area contributed by atoms with Crippen molar-refractivity contribution in [2.45, 2.75) is 45.5 Å². The number of esters is 1. The summed E-state index contributed by atoms with van der Waals surface area (Å²) in [5.74, 6) is -3.72. The molecule has 242 valence electrons. The van der Waals surface area contributed by atoms with Crippen molar-refractivity contribution >= 4 is 29.1 Å². The number of rotatable bonds is 10. The van der Waals surface area contributed by atoms with Crippen LogP contribution in [0.2, 0.25) is 0 Å². The molecule has 3 aromatic rings. The van der Waals surface area contributed by atoms with Gasteiger partial charge in [0.25, 0.3) is 5.69 Å². The van der Waals surface area contributed by atoms with Gasteiger partial charge in [0, 0.05) is 36.9 Å². The van der Waals surface area contributed by atoms with Crippen LogP contribution in [-0.2, 0) is 28.6 Å². The van der Waals surface area contributed by atoms with Gasteiger partial charge in [0.2, 0.25) is 5.88 Å². The highest BCUT2D eigenvalue weighted by molar-refractivity contribution is 5.97. The van der Waals surface area contributed by atoms with E-state index in [-0.39, 0.29) is 47.2 Å². The number of alkyl halides is 3. The zero-order valence-electron chi connectivity index (χ0n) is 24.8. The zero-order chi connectivity index (χ0) is 33.7. The second kappa shape index (κ2) is 13.7. The van der Waals surface area contributed by atoms with Crippen LogP contribution in [0.25, 0.3) is 0 Å². The molecule has 45 heavy (non-hydrogen) atoms. The molecule has 1 heterocycles. The van der Waals surface area contributed by atoms with Crippen LogP contribution in [0.4, 0.5) is 43.8 Å². The Hall–Kier alpha value is -5.02. The summed E-state index contributed by atoms with van der Waals surface area (Å²) in [7, 11) is 2.26. The van der Waals surface area contributed by atoms with Crippen LogP contribution in [-0.4, -0.2) is 53.2 Å². The lowest BCUT2D eigenvalue weighted by Gasteiger charge is -2.28. The summed E-state index contributed by atoms with van der Waals surface area (Å²) in [4.78, 5) is 41.6. The van der Waals surface area contributed by atoms with Crippen molar-refractivity contribution in [1.29, 1.82) is 0 Å². The van der Waals surface area contributed by atoms with E-state index in [4.69, 9.17) is 9.47 Å². The summed E-state index contributed by atoms with van der Waals surface area (Å²) >= 11 is 0. The first kappa shape index (κ1) is 34.5. The quantitative estimate of drug-likeness (QED) is 0.110. The number of hydrogen-bond donors (Lipinski definition) is 1. The zero-order valence-corrected chi connectivity index (χ0v) is 24.8. The first-order chi connectivity index (χ1) is 20.9. The van der Waals surface area contributed by atoms with Gasteiger partial charge in [-0.05, 0) is 50.6 Å². The number of amides is 1. The fourth-order valence-corrected chi connectivity index (χ4v) is 4.03. The van der Waals surface area contributed by atoms with Crippen LogP contribution in [0.3, 0.4) is 0 Å². The highest BCUT2D eigenvalue weighted by Gasteiger charge is 2.32. The van der Waals surface area contributed by atoms with Gasteiger partial charge in [-0.25, -0.2) is 23.4 Å². The number of hydrogen-bond acceptors (Lipinski definition) is 9. The molecule has 0 saturated carbocycles. The van der Waals surface area contributed by atoms with E-state index in [1.54, 1.807) is 20.8 Å². The van der Waals surface area contributed by atoms with E-state index in [2.05, 4.69) is 15.0 Å². The highest BCUT2D eigenvalue weighted by atomic mass is 19.4. The van der Waals surface area contributed by atoms with E-state index in [1.807, 2.05) is 0 Å². The molecule has 1 aromatic heterocycles. The molecule has 1 N–H and O–H groups in total. The third kappa shape index (κ3) is 9.00. The maximum atomic E-state index is 14.5. The number of nitro groups is 1. The number of methoxy groups -OCH3 is 2. The molecule has 0 aliphatic rings. The number of nitrogens with one attached hydrogen (secondary N) is 1. The molecule has 16 heteroatoms. The van der Waals surface area contributed by atoms with E-state index in [0.29, 0.717) is 18.2 Å². The Morgan fingerprint density at radius 3 is 2.24 bits per heavy atom. The lowest BCUT2D eigenvalue weighted by molar-refractivity contribution is -0.386. The average molecular weight is 641 g/mol. The number of carbonyl (C=O) groups is 2. The first-order valence-corrected chi connectivity index (χ1v) is 13.1. The molecule has 3 rings (SSSR count). The van der Waals surface area contributed by atoms with Crippen LogP contribution >= 0.6 is 0 Å². The molecule has 0 fully saturated rings. The Morgan fingerprint density at radius 1 is 1.00 bits per heavy atom. The van der Waals surface area contributed by atoms with E-state index in [0.717, 1.165) is 24.1 Å². The minimum atomic E-state index is -4.80. The largest absolute Gasteiger partial charge is 0.481 e. The van der Waals surface area contributed by atoms with Crippen LogP contribution in [0, 0.1) is 21.7 Å². The van der Waals surface area contributed by atoms with E-state index in [9.17, 15) is 41.7 Å². The van der Waals surface area contributed by atoms with Gasteiger partial charge in [-0.3, -0.25) is 10.1 Å². The van der Waals surface area contributed by atoms with E-state index < -0.39 is 58.1 Å². The van der Waals surface area contributed by atoms with Gasteiger partial charge in [0.05, 0.1) is 42.5 Å². The normalized spacial score (nSPS) is 11.5. The highest BCUT2D eigenvalue weighted by Crippen LogP contribution is 2.34. The van der Waals surface area contributed by atoms with Crippen molar-refractivity contribution < 1.29 is 50.7 Å². The second-order valence-electron chi connectivity index (χ2n) is 10.5. The summed E-state index contributed by atoms with van der Waals surface area (Å²) in [6.07, 6.45) is -5.91. The molecule has 0 saturated heterocycles. The third-order valence-electron chi connectivity index (χ3n) is 6.13. The maximum Gasteiger partial charge on any atom is 0.416 e. The number of benzene rings is 2. The summed E-state index contributed by atoms with van der Waals surface area (Å²) < 4.78 is 84.1. The van der Waals surface area contributed by atoms with Gasteiger partial charge in [-0.15, -0.1) is 0 Å². The number of aromatic nitrogens is 1. The van der Waals surface area contributed by atoms with Gasteiger partial charge in [-0.2, -0.15) is 13.2 Å². The minimum absolute atomic E-state index is 0.0379. The Balaban J connectivity index is 2.06. The van der Waals surface area contributed by atoms with Gasteiger partial charge in [-0.1, -0.05) is 0 Å². The van der Waals surface area contributed by atoms with E-state index in [1.165, 1.54) is 19.2 Å². The average Bonchev–Trinajstić information content (AvgIpc) is 2.95. The summed E-state index contributed by atoms with van der Waals surface area (Å²) in [6, 6.07) is 6.05. The Bertz CT molecular complexity index is 1590. The molecule has 11 nitrogen and oxygen atoms in total. The molecule has 0 atom stereocenters. The van der Waals surface area contributed by atoms with Crippen LogP contribution < -0.4 is 10.1 Å². The Morgan fingerprint density at radius 2 is 1.67 bits per heavy atom. The fourth-order valence-electron chi connectivity index (χ4n) is 4.03. The number of carbonyl (C=O) groups excluding carboxylic acids is 2. The van der Waals surface area contributed by atoms with Crippen LogP contribution in [0.5, 0.6) is 5.88 Å². The topological polar surface area (TPSA) is 133 Å². The molecular formula is C29H29F5N4O7.